The van der Waals surface area contributed by atoms with Gasteiger partial charge in [0.15, 0.2) is 16.8 Å². The smallest absolute Gasteiger partial charge is 0.251 e. The van der Waals surface area contributed by atoms with Crippen molar-refractivity contribution >= 4 is 39.4 Å². The Labute approximate surface area is 187 Å². The molecule has 0 saturated heterocycles. The average Bonchev–Trinajstić information content (AvgIpc) is 3.13. The van der Waals surface area contributed by atoms with Gasteiger partial charge in [-0.15, -0.1) is 10.2 Å². The van der Waals surface area contributed by atoms with Crippen molar-refractivity contribution in [2.24, 2.45) is 7.05 Å². The van der Waals surface area contributed by atoms with Crippen molar-refractivity contribution in [2.75, 3.05) is 12.9 Å². The van der Waals surface area contributed by atoms with Crippen LogP contribution in [-0.4, -0.2) is 39.3 Å². The number of carbonyl (C=O) groups excluding carboxylic acids is 2. The summed E-state index contributed by atoms with van der Waals surface area (Å²) in [6, 6.07) is 13.8. The van der Waals surface area contributed by atoms with Crippen LogP contribution in [0.4, 0.5) is 0 Å². The second-order valence-corrected chi connectivity index (χ2v) is 8.40. The van der Waals surface area contributed by atoms with Crippen molar-refractivity contribution in [3.63, 3.8) is 0 Å². The topological polar surface area (TPSA) is 86.1 Å². The quantitative estimate of drug-likeness (QED) is 0.380. The molecule has 0 aliphatic carbocycles. The highest BCUT2D eigenvalue weighted by molar-refractivity contribution is 9.10. The van der Waals surface area contributed by atoms with E-state index in [9.17, 15) is 9.59 Å². The first-order chi connectivity index (χ1) is 14.4. The van der Waals surface area contributed by atoms with Crippen LogP contribution in [0.15, 0.2) is 58.2 Å². The molecule has 0 radical (unpaired) electrons. The van der Waals surface area contributed by atoms with E-state index in [1.54, 1.807) is 48.1 Å². The Bertz CT molecular complexity index is 1040. The van der Waals surface area contributed by atoms with Gasteiger partial charge >= 0.3 is 0 Å². The fraction of sp³-hybridized carbons (Fsp3) is 0.238. The van der Waals surface area contributed by atoms with Gasteiger partial charge in [0.05, 0.1) is 18.9 Å². The van der Waals surface area contributed by atoms with Gasteiger partial charge in [0, 0.05) is 22.6 Å². The molecule has 0 aliphatic rings. The summed E-state index contributed by atoms with van der Waals surface area (Å²) in [5.41, 5.74) is 1.17. The standard InChI is InChI=1S/C21H21BrN4O3S/c1-13(23-20(28)15-6-10-17(29-3)11-7-15)19-24-25-21(26(19)2)30-12-18(27)14-4-8-16(22)9-5-14/h4-11,13H,12H2,1-3H3,(H,23,28)/t13-/m0/s1. The summed E-state index contributed by atoms with van der Waals surface area (Å²) in [6.07, 6.45) is 0. The van der Waals surface area contributed by atoms with Crippen LogP contribution in [0.3, 0.4) is 0 Å². The number of hydrogen-bond acceptors (Lipinski definition) is 6. The summed E-state index contributed by atoms with van der Waals surface area (Å²) >= 11 is 4.67. The molecular weight excluding hydrogens is 468 g/mol. The van der Waals surface area contributed by atoms with E-state index in [1.165, 1.54) is 11.8 Å². The Kier molecular flexibility index (Phi) is 7.28. The van der Waals surface area contributed by atoms with Crippen LogP contribution in [0, 0.1) is 0 Å². The number of aromatic nitrogens is 3. The minimum atomic E-state index is -0.353. The number of methoxy groups -OCH3 is 1. The lowest BCUT2D eigenvalue weighted by Crippen LogP contribution is -2.28. The van der Waals surface area contributed by atoms with E-state index in [1.807, 2.05) is 26.1 Å². The van der Waals surface area contributed by atoms with Crippen LogP contribution < -0.4 is 10.1 Å². The van der Waals surface area contributed by atoms with E-state index in [-0.39, 0.29) is 23.5 Å². The van der Waals surface area contributed by atoms with Crippen LogP contribution in [-0.2, 0) is 7.05 Å². The van der Waals surface area contributed by atoms with Gasteiger partial charge in [0.1, 0.15) is 5.75 Å². The van der Waals surface area contributed by atoms with Crippen molar-refractivity contribution < 1.29 is 14.3 Å². The lowest BCUT2D eigenvalue weighted by atomic mass is 10.2. The summed E-state index contributed by atoms with van der Waals surface area (Å²) in [7, 11) is 3.39. The van der Waals surface area contributed by atoms with Crippen LogP contribution in [0.5, 0.6) is 5.75 Å². The third-order valence-electron chi connectivity index (χ3n) is 4.45. The summed E-state index contributed by atoms with van der Waals surface area (Å²) in [5.74, 6) is 1.34. The van der Waals surface area contributed by atoms with Gasteiger partial charge in [0.25, 0.3) is 5.91 Å². The third-order valence-corrected chi connectivity index (χ3v) is 6.00. The molecule has 3 rings (SSSR count). The van der Waals surface area contributed by atoms with Crippen LogP contribution in [0.25, 0.3) is 0 Å². The molecule has 7 nitrogen and oxygen atoms in total. The van der Waals surface area contributed by atoms with Gasteiger partial charge in [-0.1, -0.05) is 39.8 Å². The number of nitrogens with one attached hydrogen (secondary N) is 1. The molecule has 1 aromatic heterocycles. The number of hydrogen-bond donors (Lipinski definition) is 1. The maximum Gasteiger partial charge on any atom is 0.251 e. The number of nitrogens with zero attached hydrogens (tertiary/aromatic N) is 3. The summed E-state index contributed by atoms with van der Waals surface area (Å²) in [5, 5.41) is 11.9. The van der Waals surface area contributed by atoms with E-state index >= 15 is 0 Å². The van der Waals surface area contributed by atoms with Crippen molar-refractivity contribution in [1.29, 1.82) is 0 Å². The monoisotopic (exact) mass is 488 g/mol. The molecule has 9 heteroatoms. The largest absolute Gasteiger partial charge is 0.497 e. The van der Waals surface area contributed by atoms with Crippen molar-refractivity contribution in [2.45, 2.75) is 18.1 Å². The van der Waals surface area contributed by atoms with Crippen molar-refractivity contribution in [3.8, 4) is 5.75 Å². The van der Waals surface area contributed by atoms with E-state index in [2.05, 4.69) is 31.4 Å². The molecule has 2 aromatic carbocycles. The zero-order valence-electron chi connectivity index (χ0n) is 16.8. The number of carbonyl (C=O) groups is 2. The normalized spacial score (nSPS) is 11.7. The molecule has 0 aliphatic heterocycles. The Morgan fingerprint density at radius 2 is 1.73 bits per heavy atom. The lowest BCUT2D eigenvalue weighted by Gasteiger charge is -2.14. The maximum absolute atomic E-state index is 12.5. The fourth-order valence-electron chi connectivity index (χ4n) is 2.77. The summed E-state index contributed by atoms with van der Waals surface area (Å²) < 4.78 is 7.83. The number of Topliss-reactive ketones (excluding diaryl/α,β-unsaturated/α-hetero) is 1. The Morgan fingerprint density at radius 3 is 2.37 bits per heavy atom. The first-order valence-electron chi connectivity index (χ1n) is 9.15. The minimum Gasteiger partial charge on any atom is -0.497 e. The van der Waals surface area contributed by atoms with Crippen molar-refractivity contribution in [1.82, 2.24) is 20.1 Å². The van der Waals surface area contributed by atoms with Gasteiger partial charge in [-0.3, -0.25) is 9.59 Å². The zero-order chi connectivity index (χ0) is 21.7. The Morgan fingerprint density at radius 1 is 1.10 bits per heavy atom. The number of benzene rings is 2. The molecule has 1 N–H and O–H groups in total. The van der Waals surface area contributed by atoms with Crippen LogP contribution in [0.1, 0.15) is 39.5 Å². The maximum atomic E-state index is 12.5. The molecular formula is C21H21BrN4O3S. The SMILES string of the molecule is COc1ccc(C(=O)N[C@@H](C)c2nnc(SCC(=O)c3ccc(Br)cc3)n2C)cc1. The van der Waals surface area contributed by atoms with E-state index in [4.69, 9.17) is 4.74 Å². The Hall–Kier alpha value is -2.65. The van der Waals surface area contributed by atoms with Gasteiger partial charge in [-0.25, -0.2) is 0 Å². The number of ether oxygens (including phenoxy) is 1. The average molecular weight is 489 g/mol. The third kappa shape index (κ3) is 5.28. The first kappa shape index (κ1) is 22.0. The fourth-order valence-corrected chi connectivity index (χ4v) is 3.84. The highest BCUT2D eigenvalue weighted by atomic mass is 79.9. The predicted molar refractivity (Wildman–Crippen MR) is 119 cm³/mol. The Balaban J connectivity index is 1.61. The molecule has 0 bridgehead atoms. The zero-order valence-corrected chi connectivity index (χ0v) is 19.2. The van der Waals surface area contributed by atoms with Gasteiger partial charge in [-0.05, 0) is 43.3 Å². The molecule has 1 amide bonds. The second-order valence-electron chi connectivity index (χ2n) is 6.54. The first-order valence-corrected chi connectivity index (χ1v) is 10.9. The molecule has 156 valence electrons. The molecule has 0 spiro atoms. The highest BCUT2D eigenvalue weighted by Crippen LogP contribution is 2.21. The second kappa shape index (κ2) is 9.90. The number of halogens is 1. The van der Waals surface area contributed by atoms with Gasteiger partial charge in [0.2, 0.25) is 0 Å². The molecule has 0 fully saturated rings. The van der Waals surface area contributed by atoms with Crippen molar-refractivity contribution in [3.05, 3.63) is 70.0 Å². The van der Waals surface area contributed by atoms with E-state index < -0.39 is 0 Å². The number of amides is 1. The molecule has 1 atom stereocenters. The predicted octanol–water partition coefficient (Wildman–Crippen LogP) is 4.05. The van der Waals surface area contributed by atoms with E-state index in [0.29, 0.717) is 27.9 Å². The summed E-state index contributed by atoms with van der Waals surface area (Å²) in [4.78, 5) is 24.8. The van der Waals surface area contributed by atoms with Crippen LogP contribution in [0.2, 0.25) is 0 Å². The number of rotatable bonds is 8. The van der Waals surface area contributed by atoms with Gasteiger partial charge < -0.3 is 14.6 Å². The van der Waals surface area contributed by atoms with Crippen LogP contribution >= 0.6 is 27.7 Å². The van der Waals surface area contributed by atoms with Gasteiger partial charge in [-0.2, -0.15) is 0 Å². The number of thioether (sulfide) groups is 1. The molecule has 30 heavy (non-hydrogen) atoms. The molecule has 0 unspecified atom stereocenters. The van der Waals surface area contributed by atoms with E-state index in [0.717, 1.165) is 4.47 Å². The molecule has 1 heterocycles. The lowest BCUT2D eigenvalue weighted by molar-refractivity contribution is 0.0937. The molecule has 3 aromatic rings. The number of ketones is 1. The minimum absolute atomic E-state index is 0.0120. The highest BCUT2D eigenvalue weighted by Gasteiger charge is 2.19. The molecule has 0 saturated carbocycles. The summed E-state index contributed by atoms with van der Waals surface area (Å²) in [6.45, 7) is 1.84.